The van der Waals surface area contributed by atoms with Crippen LogP contribution < -0.4 is 5.32 Å². The Hall–Kier alpha value is -1.24. The molecule has 2 rings (SSSR count). The molecule has 0 unspecified atom stereocenters. The average Bonchev–Trinajstić information content (AvgIpc) is 2.36. The zero-order valence-corrected chi connectivity index (χ0v) is 12.3. The smallest absolute Gasteiger partial charge is 0.143 e. The molecule has 18 heavy (non-hydrogen) atoms. The number of nitrogens with one attached hydrogen (secondary N) is 1. The van der Waals surface area contributed by atoms with Gasteiger partial charge in [-0.3, -0.25) is 0 Å². The fourth-order valence-corrected chi connectivity index (χ4v) is 2.16. The molecule has 1 aromatic carbocycles. The lowest BCUT2D eigenvalue weighted by molar-refractivity contribution is 0.627. The second kappa shape index (κ2) is 5.60. The first-order valence-corrected chi connectivity index (χ1v) is 6.63. The number of nitrogens with zero attached hydrogens (tertiary/aromatic N) is 2. The lowest BCUT2D eigenvalue weighted by Crippen LogP contribution is -2.06. The number of aromatic nitrogens is 2. The molecular formula is C13H13FIN3. The highest BCUT2D eigenvalue weighted by molar-refractivity contribution is 14.1. The van der Waals surface area contributed by atoms with Crippen molar-refractivity contribution in [3.63, 3.8) is 0 Å². The molecule has 3 nitrogen and oxygen atoms in total. The van der Waals surface area contributed by atoms with Gasteiger partial charge >= 0.3 is 0 Å². The fourth-order valence-electron chi connectivity index (χ4n) is 1.65. The van der Waals surface area contributed by atoms with E-state index in [1.807, 2.05) is 14.0 Å². The Morgan fingerprint density at radius 1 is 1.22 bits per heavy atom. The zero-order valence-electron chi connectivity index (χ0n) is 10.2. The molecule has 0 spiro atoms. The van der Waals surface area contributed by atoms with Gasteiger partial charge in [0.1, 0.15) is 17.5 Å². The molecule has 0 amide bonds. The van der Waals surface area contributed by atoms with E-state index in [-0.39, 0.29) is 5.82 Å². The van der Waals surface area contributed by atoms with Crippen molar-refractivity contribution in [1.29, 1.82) is 0 Å². The quantitative estimate of drug-likeness (QED) is 0.858. The van der Waals surface area contributed by atoms with Crippen molar-refractivity contribution in [2.75, 3.05) is 12.4 Å². The molecule has 2 aromatic rings. The van der Waals surface area contributed by atoms with E-state index in [0.29, 0.717) is 6.42 Å². The maximum absolute atomic E-state index is 12.8. The molecule has 94 valence electrons. The second-order valence-corrected chi connectivity index (χ2v) is 5.02. The number of hydrogen-bond donors (Lipinski definition) is 1. The van der Waals surface area contributed by atoms with Gasteiger partial charge in [0, 0.05) is 13.5 Å². The highest BCUT2D eigenvalue weighted by Gasteiger charge is 2.08. The normalized spacial score (nSPS) is 10.4. The Morgan fingerprint density at radius 2 is 1.89 bits per heavy atom. The van der Waals surface area contributed by atoms with Crippen LogP contribution in [-0.2, 0) is 6.42 Å². The summed E-state index contributed by atoms with van der Waals surface area (Å²) in [5.41, 5.74) is 1.95. The van der Waals surface area contributed by atoms with Crippen molar-refractivity contribution in [1.82, 2.24) is 9.97 Å². The topological polar surface area (TPSA) is 37.8 Å². The van der Waals surface area contributed by atoms with Crippen molar-refractivity contribution in [3.05, 3.63) is 50.7 Å². The van der Waals surface area contributed by atoms with Crippen LogP contribution in [0.3, 0.4) is 0 Å². The van der Waals surface area contributed by atoms with E-state index in [1.54, 1.807) is 12.1 Å². The minimum Gasteiger partial charge on any atom is -0.372 e. The third-order valence-corrected chi connectivity index (χ3v) is 3.87. The van der Waals surface area contributed by atoms with E-state index in [0.717, 1.165) is 26.5 Å². The molecule has 0 aliphatic carbocycles. The van der Waals surface area contributed by atoms with Crippen molar-refractivity contribution < 1.29 is 4.39 Å². The third kappa shape index (κ3) is 2.95. The Morgan fingerprint density at radius 3 is 2.50 bits per heavy atom. The third-order valence-electron chi connectivity index (χ3n) is 2.58. The monoisotopic (exact) mass is 357 g/mol. The molecule has 1 aromatic heterocycles. The first-order chi connectivity index (χ1) is 8.60. The van der Waals surface area contributed by atoms with E-state index in [9.17, 15) is 4.39 Å². The van der Waals surface area contributed by atoms with Crippen LogP contribution in [0.1, 0.15) is 17.1 Å². The van der Waals surface area contributed by atoms with E-state index in [2.05, 4.69) is 37.9 Å². The molecular weight excluding hydrogens is 344 g/mol. The fraction of sp³-hybridized carbons (Fsp3) is 0.231. The molecule has 5 heteroatoms. The molecule has 1 N–H and O–H groups in total. The van der Waals surface area contributed by atoms with Gasteiger partial charge in [-0.05, 0) is 47.2 Å². The molecule has 0 bridgehead atoms. The summed E-state index contributed by atoms with van der Waals surface area (Å²) < 4.78 is 13.8. The number of hydrogen-bond acceptors (Lipinski definition) is 3. The van der Waals surface area contributed by atoms with E-state index in [1.165, 1.54) is 12.1 Å². The molecule has 0 aliphatic heterocycles. The molecule has 1 heterocycles. The van der Waals surface area contributed by atoms with Crippen LogP contribution in [0, 0.1) is 16.3 Å². The molecule has 0 saturated heterocycles. The van der Waals surface area contributed by atoms with Crippen molar-refractivity contribution >= 4 is 28.4 Å². The number of rotatable bonds is 3. The van der Waals surface area contributed by atoms with Gasteiger partial charge in [-0.1, -0.05) is 12.1 Å². The largest absolute Gasteiger partial charge is 0.372 e. The maximum Gasteiger partial charge on any atom is 0.143 e. The van der Waals surface area contributed by atoms with Gasteiger partial charge in [-0.2, -0.15) is 0 Å². The minimum atomic E-state index is -0.227. The van der Waals surface area contributed by atoms with Gasteiger partial charge in [0.25, 0.3) is 0 Å². The average molecular weight is 357 g/mol. The molecule has 0 atom stereocenters. The molecule has 0 radical (unpaired) electrons. The maximum atomic E-state index is 12.8. The summed E-state index contributed by atoms with van der Waals surface area (Å²) in [6, 6.07) is 6.41. The van der Waals surface area contributed by atoms with Crippen LogP contribution in [0.15, 0.2) is 24.3 Å². The van der Waals surface area contributed by atoms with Gasteiger partial charge in [0.15, 0.2) is 0 Å². The van der Waals surface area contributed by atoms with Crippen molar-refractivity contribution in [3.8, 4) is 0 Å². The van der Waals surface area contributed by atoms with Gasteiger partial charge in [0.05, 0.1) is 9.26 Å². The Kier molecular flexibility index (Phi) is 4.11. The predicted molar refractivity (Wildman–Crippen MR) is 78.2 cm³/mol. The van der Waals surface area contributed by atoms with Crippen LogP contribution >= 0.6 is 22.6 Å². The zero-order chi connectivity index (χ0) is 13.1. The van der Waals surface area contributed by atoms with Gasteiger partial charge in [0.2, 0.25) is 0 Å². The Labute approximate surface area is 119 Å². The first-order valence-electron chi connectivity index (χ1n) is 5.55. The predicted octanol–water partition coefficient (Wildman–Crippen LogP) is 3.16. The van der Waals surface area contributed by atoms with Crippen LogP contribution in [0.2, 0.25) is 0 Å². The number of anilines is 1. The first kappa shape index (κ1) is 13.2. The molecule has 0 fully saturated rings. The van der Waals surface area contributed by atoms with Crippen LogP contribution in [0.25, 0.3) is 0 Å². The Balaban J connectivity index is 2.29. The highest BCUT2D eigenvalue weighted by atomic mass is 127. The van der Waals surface area contributed by atoms with Gasteiger partial charge < -0.3 is 5.32 Å². The minimum absolute atomic E-state index is 0.227. The summed E-state index contributed by atoms with van der Waals surface area (Å²) in [6.07, 6.45) is 0.604. The SMILES string of the molecule is CNc1nc(Cc2ccc(F)cc2)nc(C)c1I. The summed E-state index contributed by atoms with van der Waals surface area (Å²) in [4.78, 5) is 8.89. The molecule has 0 aliphatic rings. The lowest BCUT2D eigenvalue weighted by Gasteiger charge is -2.08. The van der Waals surface area contributed by atoms with E-state index < -0.39 is 0 Å². The van der Waals surface area contributed by atoms with E-state index >= 15 is 0 Å². The van der Waals surface area contributed by atoms with Gasteiger partial charge in [-0.15, -0.1) is 0 Å². The number of aryl methyl sites for hydroxylation is 1. The lowest BCUT2D eigenvalue weighted by atomic mass is 10.1. The Bertz CT molecular complexity index is 555. The number of benzene rings is 1. The summed E-state index contributed by atoms with van der Waals surface area (Å²) >= 11 is 2.22. The highest BCUT2D eigenvalue weighted by Crippen LogP contribution is 2.19. The van der Waals surface area contributed by atoms with E-state index in [4.69, 9.17) is 0 Å². The van der Waals surface area contributed by atoms with Crippen molar-refractivity contribution in [2.24, 2.45) is 0 Å². The number of halogens is 2. The van der Waals surface area contributed by atoms with Crippen LogP contribution in [0.5, 0.6) is 0 Å². The van der Waals surface area contributed by atoms with Crippen LogP contribution in [-0.4, -0.2) is 17.0 Å². The summed E-state index contributed by atoms with van der Waals surface area (Å²) in [5.74, 6) is 1.35. The van der Waals surface area contributed by atoms with Crippen molar-refractivity contribution in [2.45, 2.75) is 13.3 Å². The summed E-state index contributed by atoms with van der Waals surface area (Å²) in [5, 5.41) is 3.05. The van der Waals surface area contributed by atoms with Crippen LogP contribution in [0.4, 0.5) is 10.2 Å². The summed E-state index contributed by atoms with van der Waals surface area (Å²) in [6.45, 7) is 1.96. The summed E-state index contributed by atoms with van der Waals surface area (Å²) in [7, 11) is 1.84. The second-order valence-electron chi connectivity index (χ2n) is 3.94. The standard InChI is InChI=1S/C13H13FIN3/c1-8-12(15)13(16-2)18-11(17-8)7-9-3-5-10(14)6-4-9/h3-6H,7H2,1-2H3,(H,16,17,18). The van der Waals surface area contributed by atoms with Gasteiger partial charge in [-0.25, -0.2) is 14.4 Å². The molecule has 0 saturated carbocycles.